The number of rotatable bonds is 20. The summed E-state index contributed by atoms with van der Waals surface area (Å²) >= 11 is 2.44. The third kappa shape index (κ3) is 9.16. The van der Waals surface area contributed by atoms with Crippen molar-refractivity contribution in [2.75, 3.05) is 10.6 Å². The number of aromatic nitrogens is 2. The SMILES string of the molecule is CCCCCCCCCCCCCCCCCc1cc(=O)[nH]c(NC(=O)Nc2ccc(C3=C(C)C4=C5C(=C6C(C)=C(c7ccccc7)S[C@@]6(C)[C@@]4(C)S3)C(F)(F)C(F)(F)C5(F)F)cc2)n1. The minimum atomic E-state index is -5.66. The van der Waals surface area contributed by atoms with Crippen molar-refractivity contribution >= 4 is 51.0 Å². The molecule has 1 saturated carbocycles. The number of alkyl halides is 6. The predicted molar refractivity (Wildman–Crippen MR) is 255 cm³/mol. The number of thioether (sulfide) groups is 2. The van der Waals surface area contributed by atoms with Gasteiger partial charge in [0.05, 0.1) is 9.49 Å². The molecule has 0 spiro atoms. The first-order valence-corrected chi connectivity index (χ1v) is 24.8. The average molecular weight is 939 g/mol. The molecular formula is C51H60F6N4O2S2. The van der Waals surface area contributed by atoms with Gasteiger partial charge in [0, 0.05) is 38.4 Å². The van der Waals surface area contributed by atoms with E-state index >= 15 is 26.3 Å². The van der Waals surface area contributed by atoms with Crippen molar-refractivity contribution in [2.24, 2.45) is 0 Å². The highest BCUT2D eigenvalue weighted by Crippen LogP contribution is 2.77. The highest BCUT2D eigenvalue weighted by Gasteiger charge is 2.84. The van der Waals surface area contributed by atoms with Crippen molar-refractivity contribution in [1.29, 1.82) is 0 Å². The standard InChI is InChI=1S/C51H60F6N4O2S2/c1-6-7-8-9-10-11-12-13-14-15-16-17-18-19-23-26-37-31-38(62)60-45(58-37)61-46(63)59-36-29-27-35(28-30-36)44-33(3)40-42-41(49(52,53)51(56,57)50(42,54)55)39-32(2)43(34-24-21-20-22-25-34)64-47(39,4)48(40,5)65-44/h20-22,24-25,27-31H,6-19,23,26H2,1-5H3,(H3,58,59,60,61,62,63)/t47-,48+/m1/s1. The number of aromatic amines is 1. The number of halogens is 6. The molecule has 0 bridgehead atoms. The van der Waals surface area contributed by atoms with E-state index in [4.69, 9.17) is 0 Å². The fourth-order valence-electron chi connectivity index (χ4n) is 10.0. The Morgan fingerprint density at radius 2 is 1.06 bits per heavy atom. The van der Waals surface area contributed by atoms with Crippen LogP contribution in [0.5, 0.6) is 0 Å². The average Bonchev–Trinajstić information content (AvgIpc) is 3.74. The summed E-state index contributed by atoms with van der Waals surface area (Å²) in [5, 5.41) is 5.30. The lowest BCUT2D eigenvalue weighted by Gasteiger charge is -2.48. The van der Waals surface area contributed by atoms with Crippen molar-refractivity contribution in [3.63, 3.8) is 0 Å². The van der Waals surface area contributed by atoms with Crippen LogP contribution in [-0.2, 0) is 6.42 Å². The first-order chi connectivity index (χ1) is 30.9. The molecule has 1 aromatic heterocycles. The van der Waals surface area contributed by atoms with Crippen LogP contribution in [0, 0.1) is 0 Å². The number of unbranched alkanes of at least 4 members (excludes halogenated alkanes) is 14. The highest BCUT2D eigenvalue weighted by molar-refractivity contribution is 8.14. The van der Waals surface area contributed by atoms with Gasteiger partial charge in [0.1, 0.15) is 0 Å². The summed E-state index contributed by atoms with van der Waals surface area (Å²) in [6, 6.07) is 16.2. The number of aryl methyl sites for hydroxylation is 1. The molecule has 1 fully saturated rings. The Labute approximate surface area is 387 Å². The number of hydrogen-bond donors (Lipinski definition) is 3. The van der Waals surface area contributed by atoms with Gasteiger partial charge in [-0.1, -0.05) is 139 Å². The van der Waals surface area contributed by atoms with E-state index in [1.165, 1.54) is 114 Å². The zero-order valence-corrected chi connectivity index (χ0v) is 39.6. The largest absolute Gasteiger partial charge is 0.380 e. The smallest absolute Gasteiger partial charge is 0.308 e. The number of nitrogens with one attached hydrogen (secondary N) is 3. The van der Waals surface area contributed by atoms with Gasteiger partial charge < -0.3 is 5.32 Å². The number of carbonyl (C=O) groups excluding carboxylic acids is 1. The third-order valence-electron chi connectivity index (χ3n) is 13.6. The van der Waals surface area contributed by atoms with Crippen molar-refractivity contribution in [3.8, 4) is 0 Å². The normalized spacial score (nSPS) is 22.7. The Kier molecular flexibility index (Phi) is 14.7. The molecule has 7 rings (SSSR count). The molecule has 2 aliphatic heterocycles. The molecule has 350 valence electrons. The number of H-pyrrole nitrogens is 1. The van der Waals surface area contributed by atoms with Gasteiger partial charge >= 0.3 is 23.8 Å². The van der Waals surface area contributed by atoms with E-state index in [-0.39, 0.29) is 33.8 Å². The maximum absolute atomic E-state index is 16.1. The van der Waals surface area contributed by atoms with Crippen LogP contribution in [0.1, 0.15) is 148 Å². The van der Waals surface area contributed by atoms with Crippen LogP contribution >= 0.6 is 23.5 Å². The molecular weight excluding hydrogens is 879 g/mol. The molecule has 3 heterocycles. The number of fused-ring (bicyclic) bond motifs is 4. The zero-order chi connectivity index (χ0) is 46.8. The van der Waals surface area contributed by atoms with Crippen LogP contribution in [0.4, 0.5) is 42.8 Å². The molecule has 0 saturated heterocycles. The Hall–Kier alpha value is -4.17. The number of carbonyl (C=O) groups is 1. The number of anilines is 2. The topological polar surface area (TPSA) is 86.9 Å². The molecule has 65 heavy (non-hydrogen) atoms. The van der Waals surface area contributed by atoms with Gasteiger partial charge in [0.2, 0.25) is 5.95 Å². The first-order valence-electron chi connectivity index (χ1n) is 23.2. The number of allylic oxidation sites excluding steroid dienone is 4. The minimum Gasteiger partial charge on any atom is -0.308 e. The number of hydrogen-bond acceptors (Lipinski definition) is 5. The van der Waals surface area contributed by atoms with Gasteiger partial charge in [-0.25, -0.2) is 9.78 Å². The van der Waals surface area contributed by atoms with E-state index in [0.29, 0.717) is 38.7 Å². The van der Waals surface area contributed by atoms with Crippen molar-refractivity contribution in [1.82, 2.24) is 9.97 Å². The summed E-state index contributed by atoms with van der Waals surface area (Å²) in [5.74, 6) is -15.9. The quantitative estimate of drug-likeness (QED) is 0.0776. The maximum Gasteiger partial charge on any atom is 0.380 e. The van der Waals surface area contributed by atoms with Crippen LogP contribution in [0.15, 0.2) is 98.9 Å². The Bertz CT molecular complexity index is 2440. The molecule has 4 aliphatic rings. The van der Waals surface area contributed by atoms with E-state index in [0.717, 1.165) is 19.3 Å². The molecule has 0 unspecified atom stereocenters. The number of urea groups is 1. The molecule has 6 nitrogen and oxygen atoms in total. The van der Waals surface area contributed by atoms with Gasteiger partial charge in [-0.05, 0) is 86.1 Å². The fourth-order valence-corrected chi connectivity index (χ4v) is 13.4. The lowest BCUT2D eigenvalue weighted by atomic mass is 9.68. The molecule has 2 aromatic carbocycles. The van der Waals surface area contributed by atoms with E-state index in [1.807, 2.05) is 0 Å². The molecule has 2 aliphatic carbocycles. The molecule has 0 radical (unpaired) electrons. The zero-order valence-electron chi connectivity index (χ0n) is 37.9. The second-order valence-corrected chi connectivity index (χ2v) is 21.1. The van der Waals surface area contributed by atoms with E-state index in [9.17, 15) is 9.59 Å². The monoisotopic (exact) mass is 938 g/mol. The summed E-state index contributed by atoms with van der Waals surface area (Å²) in [6.45, 7) is 8.69. The highest BCUT2D eigenvalue weighted by atomic mass is 32.2. The molecule has 14 heteroatoms. The van der Waals surface area contributed by atoms with E-state index in [2.05, 4.69) is 27.5 Å². The van der Waals surface area contributed by atoms with Crippen molar-refractivity contribution in [3.05, 3.63) is 121 Å². The summed E-state index contributed by atoms with van der Waals surface area (Å²) in [5.41, 5.74) is -0.722. The van der Waals surface area contributed by atoms with Gasteiger partial charge in [0.25, 0.3) is 5.56 Å². The molecule has 3 aromatic rings. The summed E-state index contributed by atoms with van der Waals surface area (Å²) in [6.07, 6.45) is 19.4. The van der Waals surface area contributed by atoms with Gasteiger partial charge in [0.15, 0.2) is 0 Å². The number of amides is 2. The Balaban J connectivity index is 0.984. The third-order valence-corrected chi connectivity index (χ3v) is 17.2. The summed E-state index contributed by atoms with van der Waals surface area (Å²) < 4.78 is 92.5. The summed E-state index contributed by atoms with van der Waals surface area (Å²) in [7, 11) is 0. The molecule has 2 amide bonds. The van der Waals surface area contributed by atoms with Crippen LogP contribution in [0.3, 0.4) is 0 Å². The summed E-state index contributed by atoms with van der Waals surface area (Å²) in [4.78, 5) is 33.6. The van der Waals surface area contributed by atoms with Crippen LogP contribution in [0.25, 0.3) is 9.81 Å². The van der Waals surface area contributed by atoms with Crippen LogP contribution in [-0.4, -0.2) is 43.3 Å². The number of benzene rings is 2. The van der Waals surface area contributed by atoms with E-state index < -0.39 is 44.4 Å². The van der Waals surface area contributed by atoms with Crippen LogP contribution in [0.2, 0.25) is 0 Å². The van der Waals surface area contributed by atoms with Gasteiger partial charge in [-0.15, -0.1) is 23.5 Å². The van der Waals surface area contributed by atoms with Crippen LogP contribution < -0.4 is 16.2 Å². The lowest BCUT2D eigenvalue weighted by molar-refractivity contribution is -0.258. The maximum atomic E-state index is 16.1. The fraction of sp³-hybridized carbons (Fsp3) is 0.510. The van der Waals surface area contributed by atoms with E-state index in [1.54, 1.807) is 75.4 Å². The first kappa shape index (κ1) is 48.8. The minimum absolute atomic E-state index is 0.00160. The van der Waals surface area contributed by atoms with Gasteiger partial charge in [-0.2, -0.15) is 26.3 Å². The van der Waals surface area contributed by atoms with Crippen molar-refractivity contribution in [2.45, 2.75) is 165 Å². The Morgan fingerprint density at radius 3 is 1.54 bits per heavy atom. The second kappa shape index (κ2) is 19.6. The molecule has 3 N–H and O–H groups in total. The Morgan fingerprint density at radius 1 is 0.615 bits per heavy atom. The van der Waals surface area contributed by atoms with Crippen molar-refractivity contribution < 1.29 is 31.1 Å². The molecule has 2 atom stereocenters. The number of nitrogens with zero attached hydrogens (tertiary/aromatic N) is 1. The van der Waals surface area contributed by atoms with Gasteiger partial charge in [-0.3, -0.25) is 15.1 Å². The predicted octanol–water partition coefficient (Wildman–Crippen LogP) is 15.5. The second-order valence-electron chi connectivity index (χ2n) is 18.2. The lowest BCUT2D eigenvalue weighted by Crippen LogP contribution is -2.49.